The number of anilines is 2. The van der Waals surface area contributed by atoms with Crippen molar-refractivity contribution in [2.75, 3.05) is 31.6 Å². The summed E-state index contributed by atoms with van der Waals surface area (Å²) in [7, 11) is 2.06. The highest BCUT2D eigenvalue weighted by Gasteiger charge is 2.21. The fraction of sp³-hybridized carbons (Fsp3) is 0.450. The van der Waals surface area contributed by atoms with Crippen molar-refractivity contribution in [3.8, 4) is 0 Å². The lowest BCUT2D eigenvalue weighted by atomic mass is 10.1. The van der Waals surface area contributed by atoms with E-state index in [1.807, 2.05) is 12.3 Å². The van der Waals surface area contributed by atoms with E-state index in [1.54, 1.807) is 0 Å². The third-order valence-corrected chi connectivity index (χ3v) is 4.74. The Morgan fingerprint density at radius 3 is 2.56 bits per heavy atom. The van der Waals surface area contributed by atoms with Gasteiger partial charge in [-0.2, -0.15) is 0 Å². The van der Waals surface area contributed by atoms with E-state index >= 15 is 0 Å². The average molecular weight is 361 g/mol. The van der Waals surface area contributed by atoms with Gasteiger partial charge in [-0.3, -0.25) is 4.90 Å². The summed E-state index contributed by atoms with van der Waals surface area (Å²) < 4.78 is 0. The van der Waals surface area contributed by atoms with Gasteiger partial charge in [0.1, 0.15) is 5.82 Å². The lowest BCUT2D eigenvalue weighted by Gasteiger charge is -2.28. The molecule has 0 spiro atoms. The lowest BCUT2D eigenvalue weighted by molar-refractivity contribution is 0.199. The second-order valence-corrected chi connectivity index (χ2v) is 6.54. The second kappa shape index (κ2) is 9.76. The van der Waals surface area contributed by atoms with Crippen LogP contribution in [0, 0.1) is 0 Å². The molecule has 1 N–H and O–H groups in total. The van der Waals surface area contributed by atoms with Gasteiger partial charge in [0, 0.05) is 38.1 Å². The van der Waals surface area contributed by atoms with Crippen LogP contribution in [0.1, 0.15) is 25.3 Å². The highest BCUT2D eigenvalue weighted by Crippen LogP contribution is 2.21. The first-order valence-corrected chi connectivity index (χ1v) is 8.96. The van der Waals surface area contributed by atoms with Crippen LogP contribution in [0.5, 0.6) is 0 Å². The molecule has 5 heteroatoms. The van der Waals surface area contributed by atoms with E-state index in [0.29, 0.717) is 6.04 Å². The molecule has 0 radical (unpaired) electrons. The molecule has 1 unspecified atom stereocenters. The minimum absolute atomic E-state index is 0. The Bertz CT molecular complexity index is 611. The molecule has 0 aliphatic carbocycles. The van der Waals surface area contributed by atoms with E-state index in [2.05, 4.69) is 70.5 Å². The Morgan fingerprint density at radius 1 is 1.16 bits per heavy atom. The topological polar surface area (TPSA) is 31.4 Å². The molecule has 1 saturated heterocycles. The number of benzene rings is 1. The Morgan fingerprint density at radius 2 is 1.96 bits per heavy atom. The highest BCUT2D eigenvalue weighted by atomic mass is 35.5. The standard InChI is InChI=1S/C20H28N4.ClH/c1-3-13-24(19-11-12-21-15-19)16-17-9-10-20(22-14-17)23(2)18-7-5-4-6-8-18;/h4-10,14,19,21H,3,11-13,15-16H2,1-2H3;1H. The Labute approximate surface area is 157 Å². The average Bonchev–Trinajstić information content (AvgIpc) is 3.17. The van der Waals surface area contributed by atoms with Crippen LogP contribution in [0.4, 0.5) is 11.5 Å². The Hall–Kier alpha value is -1.62. The Balaban J connectivity index is 0.00000225. The summed E-state index contributed by atoms with van der Waals surface area (Å²) in [6.07, 6.45) is 4.47. The number of hydrogen-bond acceptors (Lipinski definition) is 4. The maximum absolute atomic E-state index is 4.68. The molecule has 4 nitrogen and oxygen atoms in total. The summed E-state index contributed by atoms with van der Waals surface area (Å²) in [6.45, 7) is 6.65. The molecule has 2 heterocycles. The number of pyridine rings is 1. The van der Waals surface area contributed by atoms with E-state index in [-0.39, 0.29) is 12.4 Å². The van der Waals surface area contributed by atoms with Crippen molar-refractivity contribution in [2.24, 2.45) is 0 Å². The van der Waals surface area contributed by atoms with Crippen LogP contribution in [-0.2, 0) is 6.54 Å². The van der Waals surface area contributed by atoms with Crippen molar-refractivity contribution in [1.82, 2.24) is 15.2 Å². The fourth-order valence-corrected chi connectivity index (χ4v) is 3.36. The van der Waals surface area contributed by atoms with E-state index in [1.165, 1.54) is 18.4 Å². The summed E-state index contributed by atoms with van der Waals surface area (Å²) >= 11 is 0. The number of para-hydroxylation sites is 1. The second-order valence-electron chi connectivity index (χ2n) is 6.54. The fourth-order valence-electron chi connectivity index (χ4n) is 3.36. The summed E-state index contributed by atoms with van der Waals surface area (Å²) in [5, 5.41) is 3.48. The van der Waals surface area contributed by atoms with E-state index in [9.17, 15) is 0 Å². The smallest absolute Gasteiger partial charge is 0.132 e. The minimum atomic E-state index is 0. The van der Waals surface area contributed by atoms with Crippen molar-refractivity contribution in [2.45, 2.75) is 32.4 Å². The molecule has 1 aromatic heterocycles. The van der Waals surface area contributed by atoms with Gasteiger partial charge >= 0.3 is 0 Å². The van der Waals surface area contributed by atoms with E-state index < -0.39 is 0 Å². The molecule has 2 aromatic rings. The largest absolute Gasteiger partial charge is 0.329 e. The van der Waals surface area contributed by atoms with Crippen LogP contribution < -0.4 is 10.2 Å². The van der Waals surface area contributed by atoms with Crippen molar-refractivity contribution in [3.63, 3.8) is 0 Å². The molecule has 1 atom stereocenters. The summed E-state index contributed by atoms with van der Waals surface area (Å²) in [5.41, 5.74) is 2.45. The van der Waals surface area contributed by atoms with E-state index in [4.69, 9.17) is 0 Å². The van der Waals surface area contributed by atoms with Crippen LogP contribution in [0.3, 0.4) is 0 Å². The van der Waals surface area contributed by atoms with E-state index in [0.717, 1.165) is 37.7 Å². The van der Waals surface area contributed by atoms with Gasteiger partial charge < -0.3 is 10.2 Å². The summed E-state index contributed by atoms with van der Waals surface area (Å²) in [4.78, 5) is 9.39. The predicted octanol–water partition coefficient (Wildman–Crippen LogP) is 3.85. The number of hydrogen-bond donors (Lipinski definition) is 1. The minimum Gasteiger partial charge on any atom is -0.329 e. The first-order chi connectivity index (χ1) is 11.8. The molecule has 1 aliphatic rings. The molecular formula is C20H29ClN4. The summed E-state index contributed by atoms with van der Waals surface area (Å²) in [5.74, 6) is 0.981. The first-order valence-electron chi connectivity index (χ1n) is 8.96. The predicted molar refractivity (Wildman–Crippen MR) is 108 cm³/mol. The number of nitrogens with zero attached hydrogens (tertiary/aromatic N) is 3. The molecular weight excluding hydrogens is 332 g/mol. The van der Waals surface area contributed by atoms with Gasteiger partial charge in [0.15, 0.2) is 0 Å². The van der Waals surface area contributed by atoms with Gasteiger partial charge in [-0.25, -0.2) is 4.98 Å². The van der Waals surface area contributed by atoms with Crippen molar-refractivity contribution >= 4 is 23.9 Å². The highest BCUT2D eigenvalue weighted by molar-refractivity contribution is 5.85. The first kappa shape index (κ1) is 19.7. The molecule has 3 rings (SSSR count). The maximum atomic E-state index is 4.68. The van der Waals surface area contributed by atoms with Crippen LogP contribution in [-0.4, -0.2) is 42.6 Å². The van der Waals surface area contributed by atoms with Gasteiger partial charge in [-0.15, -0.1) is 12.4 Å². The molecule has 0 bridgehead atoms. The molecule has 0 amide bonds. The SMILES string of the molecule is CCCN(Cc1ccc(N(C)c2ccccc2)nc1)C1CCNC1.Cl. The molecule has 136 valence electrons. The number of nitrogens with one attached hydrogen (secondary N) is 1. The van der Waals surface area contributed by atoms with Crippen molar-refractivity contribution in [3.05, 3.63) is 54.2 Å². The van der Waals surface area contributed by atoms with Gasteiger partial charge in [-0.05, 0) is 49.7 Å². The zero-order valence-corrected chi connectivity index (χ0v) is 16.0. The lowest BCUT2D eigenvalue weighted by Crippen LogP contribution is -2.36. The van der Waals surface area contributed by atoms with Gasteiger partial charge in [0.25, 0.3) is 0 Å². The van der Waals surface area contributed by atoms with Gasteiger partial charge in [-0.1, -0.05) is 31.2 Å². The third kappa shape index (κ3) is 5.18. The third-order valence-electron chi connectivity index (χ3n) is 4.74. The zero-order valence-electron chi connectivity index (χ0n) is 15.2. The molecule has 1 aromatic carbocycles. The van der Waals surface area contributed by atoms with Crippen LogP contribution in [0.25, 0.3) is 0 Å². The molecule has 0 saturated carbocycles. The molecule has 25 heavy (non-hydrogen) atoms. The van der Waals surface area contributed by atoms with Gasteiger partial charge in [0.2, 0.25) is 0 Å². The monoisotopic (exact) mass is 360 g/mol. The van der Waals surface area contributed by atoms with Crippen LogP contribution >= 0.6 is 12.4 Å². The Kier molecular flexibility index (Phi) is 7.69. The van der Waals surface area contributed by atoms with Crippen molar-refractivity contribution < 1.29 is 0 Å². The normalized spacial score (nSPS) is 16.7. The van der Waals surface area contributed by atoms with Crippen LogP contribution in [0.15, 0.2) is 48.7 Å². The summed E-state index contributed by atoms with van der Waals surface area (Å²) in [6, 6.07) is 15.4. The van der Waals surface area contributed by atoms with Gasteiger partial charge in [0.05, 0.1) is 0 Å². The molecule has 1 aliphatic heterocycles. The number of halogens is 1. The van der Waals surface area contributed by atoms with Crippen molar-refractivity contribution in [1.29, 1.82) is 0 Å². The maximum Gasteiger partial charge on any atom is 0.132 e. The number of rotatable bonds is 7. The quantitative estimate of drug-likeness (QED) is 0.812. The number of aromatic nitrogens is 1. The zero-order chi connectivity index (χ0) is 16.8. The molecule has 1 fully saturated rings. The van der Waals surface area contributed by atoms with Crippen LogP contribution in [0.2, 0.25) is 0 Å².